The molecule has 6 heteroatoms. The molecule has 0 radical (unpaired) electrons. The van der Waals surface area contributed by atoms with Crippen LogP contribution in [0.5, 0.6) is 5.75 Å². The highest BCUT2D eigenvalue weighted by molar-refractivity contribution is 6.42. The lowest BCUT2D eigenvalue weighted by atomic mass is 10.1. The van der Waals surface area contributed by atoms with Gasteiger partial charge in [-0.3, -0.25) is 0 Å². The van der Waals surface area contributed by atoms with Gasteiger partial charge in [0.25, 0.3) is 0 Å². The highest BCUT2D eigenvalue weighted by atomic mass is 35.5. The Morgan fingerprint density at radius 3 is 2.55 bits per heavy atom. The molecule has 0 unspecified atom stereocenters. The average Bonchev–Trinajstić information content (AvgIpc) is 2.41. The van der Waals surface area contributed by atoms with Gasteiger partial charge < -0.3 is 15.6 Å². The van der Waals surface area contributed by atoms with E-state index in [0.717, 1.165) is 5.56 Å². The summed E-state index contributed by atoms with van der Waals surface area (Å²) < 4.78 is 5.51. The predicted molar refractivity (Wildman–Crippen MR) is 78.6 cm³/mol. The second-order valence-electron chi connectivity index (χ2n) is 4.09. The summed E-state index contributed by atoms with van der Waals surface area (Å²) in [7, 11) is 0. The van der Waals surface area contributed by atoms with Crippen LogP contribution in [0.1, 0.15) is 15.9 Å². The summed E-state index contributed by atoms with van der Waals surface area (Å²) >= 11 is 11.7. The van der Waals surface area contributed by atoms with Crippen LogP contribution < -0.4 is 10.5 Å². The molecule has 0 aromatic heterocycles. The molecule has 0 aliphatic carbocycles. The monoisotopic (exact) mass is 311 g/mol. The number of hydrogen-bond acceptors (Lipinski definition) is 3. The number of benzene rings is 2. The van der Waals surface area contributed by atoms with E-state index in [1.165, 1.54) is 12.1 Å². The number of halogens is 2. The van der Waals surface area contributed by atoms with Crippen LogP contribution in [0.2, 0.25) is 10.0 Å². The molecule has 2 rings (SSSR count). The van der Waals surface area contributed by atoms with Crippen molar-refractivity contribution < 1.29 is 14.6 Å². The number of nitrogens with two attached hydrogens (primary N) is 1. The Hall–Kier alpha value is -1.91. The molecule has 0 saturated carbocycles. The van der Waals surface area contributed by atoms with Crippen molar-refractivity contribution in [3.05, 3.63) is 57.6 Å². The highest BCUT2D eigenvalue weighted by Gasteiger charge is 2.09. The lowest BCUT2D eigenvalue weighted by Gasteiger charge is -2.09. The van der Waals surface area contributed by atoms with Gasteiger partial charge in [0, 0.05) is 5.69 Å². The van der Waals surface area contributed by atoms with Gasteiger partial charge in [-0.15, -0.1) is 0 Å². The fourth-order valence-corrected chi connectivity index (χ4v) is 1.93. The third kappa shape index (κ3) is 3.35. The smallest absolute Gasteiger partial charge is 0.337 e. The number of rotatable bonds is 4. The number of nitrogen functional groups attached to an aromatic ring is 1. The molecule has 20 heavy (non-hydrogen) atoms. The van der Waals surface area contributed by atoms with Crippen LogP contribution >= 0.6 is 23.2 Å². The Labute approximate surface area is 125 Å². The largest absolute Gasteiger partial charge is 0.489 e. The first-order chi connectivity index (χ1) is 9.47. The van der Waals surface area contributed by atoms with E-state index in [9.17, 15) is 4.79 Å². The Kier molecular flexibility index (Phi) is 4.37. The van der Waals surface area contributed by atoms with Crippen molar-refractivity contribution in [3.8, 4) is 5.75 Å². The molecule has 0 bridgehead atoms. The maximum Gasteiger partial charge on any atom is 0.337 e. The maximum atomic E-state index is 11.0. The molecule has 2 aromatic rings. The zero-order chi connectivity index (χ0) is 14.7. The minimum Gasteiger partial charge on any atom is -0.489 e. The molecule has 3 N–H and O–H groups in total. The number of carbonyl (C=O) groups is 1. The topological polar surface area (TPSA) is 72.5 Å². The van der Waals surface area contributed by atoms with Gasteiger partial charge in [0.15, 0.2) is 0 Å². The van der Waals surface area contributed by atoms with Crippen LogP contribution in [-0.2, 0) is 6.61 Å². The van der Waals surface area contributed by atoms with Gasteiger partial charge in [-0.1, -0.05) is 29.3 Å². The molecule has 0 amide bonds. The molecular formula is C14H11Cl2NO3. The molecule has 0 aliphatic rings. The Morgan fingerprint density at radius 2 is 1.90 bits per heavy atom. The maximum absolute atomic E-state index is 11.0. The fraction of sp³-hybridized carbons (Fsp3) is 0.0714. The second kappa shape index (κ2) is 6.03. The summed E-state index contributed by atoms with van der Waals surface area (Å²) in [6, 6.07) is 9.64. The van der Waals surface area contributed by atoms with E-state index in [1.54, 1.807) is 24.3 Å². The summed E-state index contributed by atoms with van der Waals surface area (Å²) in [5.74, 6) is -0.676. The molecule has 0 spiro atoms. The van der Waals surface area contributed by atoms with Crippen LogP contribution in [0.25, 0.3) is 0 Å². The van der Waals surface area contributed by atoms with Crippen molar-refractivity contribution in [2.45, 2.75) is 6.61 Å². The number of carboxylic acid groups (broad SMARTS) is 1. The van der Waals surface area contributed by atoms with Gasteiger partial charge in [-0.2, -0.15) is 0 Å². The van der Waals surface area contributed by atoms with Crippen molar-refractivity contribution >= 4 is 34.9 Å². The average molecular weight is 312 g/mol. The molecule has 0 saturated heterocycles. The summed E-state index contributed by atoms with van der Waals surface area (Å²) in [6.45, 7) is 0.250. The van der Waals surface area contributed by atoms with Crippen molar-refractivity contribution in [1.82, 2.24) is 0 Å². The lowest BCUT2D eigenvalue weighted by molar-refractivity contribution is 0.0697. The van der Waals surface area contributed by atoms with Gasteiger partial charge in [0.1, 0.15) is 12.4 Å². The predicted octanol–water partition coefficient (Wildman–Crippen LogP) is 3.85. The van der Waals surface area contributed by atoms with E-state index in [4.69, 9.17) is 38.8 Å². The number of anilines is 1. The molecule has 4 nitrogen and oxygen atoms in total. The molecule has 0 fully saturated rings. The summed E-state index contributed by atoms with van der Waals surface area (Å²) in [5.41, 5.74) is 6.60. The lowest BCUT2D eigenvalue weighted by Crippen LogP contribution is -2.03. The van der Waals surface area contributed by atoms with E-state index in [-0.39, 0.29) is 17.9 Å². The quantitative estimate of drug-likeness (QED) is 0.841. The van der Waals surface area contributed by atoms with Gasteiger partial charge in [0.05, 0.1) is 15.6 Å². The first kappa shape index (κ1) is 14.5. The Bertz CT molecular complexity index is 659. The molecule has 104 valence electrons. The zero-order valence-corrected chi connectivity index (χ0v) is 11.8. The number of ether oxygens (including phenoxy) is 1. The zero-order valence-electron chi connectivity index (χ0n) is 10.3. The number of hydrogen-bond donors (Lipinski definition) is 2. The molecule has 0 heterocycles. The van der Waals surface area contributed by atoms with Crippen molar-refractivity contribution in [1.29, 1.82) is 0 Å². The third-order valence-corrected chi connectivity index (χ3v) is 3.38. The molecular weight excluding hydrogens is 301 g/mol. The third-order valence-electron chi connectivity index (χ3n) is 2.64. The number of carboxylic acids is 1. The van der Waals surface area contributed by atoms with Crippen molar-refractivity contribution in [2.75, 3.05) is 5.73 Å². The molecule has 0 atom stereocenters. The van der Waals surface area contributed by atoms with E-state index >= 15 is 0 Å². The van der Waals surface area contributed by atoms with Gasteiger partial charge >= 0.3 is 5.97 Å². The minimum atomic E-state index is -1.09. The van der Waals surface area contributed by atoms with Crippen LogP contribution in [0.3, 0.4) is 0 Å². The molecule has 2 aromatic carbocycles. The summed E-state index contributed by atoms with van der Waals surface area (Å²) in [5, 5.41) is 9.88. The van der Waals surface area contributed by atoms with Crippen molar-refractivity contribution in [2.24, 2.45) is 0 Å². The summed E-state index contributed by atoms with van der Waals surface area (Å²) in [6.07, 6.45) is 0. The van der Waals surface area contributed by atoms with Gasteiger partial charge in [0.2, 0.25) is 0 Å². The van der Waals surface area contributed by atoms with E-state index in [1.807, 2.05) is 0 Å². The minimum absolute atomic E-state index is 0.0108. The first-order valence-electron chi connectivity index (χ1n) is 5.67. The van der Waals surface area contributed by atoms with E-state index in [2.05, 4.69) is 0 Å². The summed E-state index contributed by atoms with van der Waals surface area (Å²) in [4.78, 5) is 11.0. The number of aromatic carboxylic acids is 1. The standard InChI is InChI=1S/C14H11Cl2NO3/c15-11-3-1-8(5-12(11)16)7-20-9-2-4-13(17)10(6-9)14(18)19/h1-6H,7,17H2,(H,18,19). The molecule has 0 aliphatic heterocycles. The fourth-order valence-electron chi connectivity index (χ4n) is 1.61. The van der Waals surface area contributed by atoms with Crippen molar-refractivity contribution in [3.63, 3.8) is 0 Å². The van der Waals surface area contributed by atoms with Crippen LogP contribution in [0.4, 0.5) is 5.69 Å². The highest BCUT2D eigenvalue weighted by Crippen LogP contribution is 2.24. The van der Waals surface area contributed by atoms with Crippen LogP contribution in [0, 0.1) is 0 Å². The Balaban J connectivity index is 2.12. The van der Waals surface area contributed by atoms with E-state index < -0.39 is 5.97 Å². The van der Waals surface area contributed by atoms with Crippen LogP contribution in [0.15, 0.2) is 36.4 Å². The van der Waals surface area contributed by atoms with Gasteiger partial charge in [-0.25, -0.2) is 4.79 Å². The normalized spacial score (nSPS) is 10.3. The second-order valence-corrected chi connectivity index (χ2v) is 4.91. The van der Waals surface area contributed by atoms with E-state index in [0.29, 0.717) is 15.8 Å². The van der Waals surface area contributed by atoms with Gasteiger partial charge in [-0.05, 0) is 35.9 Å². The Morgan fingerprint density at radius 1 is 1.15 bits per heavy atom. The first-order valence-corrected chi connectivity index (χ1v) is 6.42. The van der Waals surface area contributed by atoms with Crippen LogP contribution in [-0.4, -0.2) is 11.1 Å². The SMILES string of the molecule is Nc1ccc(OCc2ccc(Cl)c(Cl)c2)cc1C(=O)O.